The lowest BCUT2D eigenvalue weighted by atomic mass is 10.1. The van der Waals surface area contributed by atoms with Gasteiger partial charge in [0.05, 0.1) is 5.69 Å². The van der Waals surface area contributed by atoms with Crippen LogP contribution in [0, 0.1) is 13.8 Å². The first-order chi connectivity index (χ1) is 14.1. The van der Waals surface area contributed by atoms with Crippen molar-refractivity contribution >= 4 is 23.1 Å². The van der Waals surface area contributed by atoms with Gasteiger partial charge in [-0.25, -0.2) is 4.98 Å². The molecule has 0 fully saturated rings. The van der Waals surface area contributed by atoms with Gasteiger partial charge in [-0.15, -0.1) is 21.5 Å². The summed E-state index contributed by atoms with van der Waals surface area (Å²) < 4.78 is 7.88. The van der Waals surface area contributed by atoms with Gasteiger partial charge in [-0.2, -0.15) is 0 Å². The maximum atomic E-state index is 5.90. The first-order valence-electron chi connectivity index (χ1n) is 9.31. The van der Waals surface area contributed by atoms with Gasteiger partial charge in [-0.1, -0.05) is 54.2 Å². The highest BCUT2D eigenvalue weighted by Crippen LogP contribution is 2.29. The molecule has 0 saturated heterocycles. The number of benzene rings is 2. The van der Waals surface area contributed by atoms with Crippen molar-refractivity contribution in [3.63, 3.8) is 0 Å². The molecule has 0 N–H and O–H groups in total. The normalized spacial score (nSPS) is 11.0. The molecule has 4 rings (SSSR count). The van der Waals surface area contributed by atoms with Gasteiger partial charge in [0.15, 0.2) is 11.0 Å². The highest BCUT2D eigenvalue weighted by molar-refractivity contribution is 7.98. The first kappa shape index (κ1) is 19.7. The van der Waals surface area contributed by atoms with Crippen LogP contribution in [0.1, 0.15) is 22.6 Å². The lowest BCUT2D eigenvalue weighted by Crippen LogP contribution is -2.04. The van der Waals surface area contributed by atoms with Gasteiger partial charge >= 0.3 is 0 Å². The zero-order valence-corrected chi connectivity index (χ0v) is 18.3. The third-order valence-electron chi connectivity index (χ3n) is 4.65. The lowest BCUT2D eigenvalue weighted by molar-refractivity contribution is 0.288. The van der Waals surface area contributed by atoms with Crippen LogP contribution in [0.2, 0.25) is 0 Å². The number of hydrogen-bond donors (Lipinski definition) is 0. The quantitative estimate of drug-likeness (QED) is 0.372. The number of ether oxygens (including phenoxy) is 1. The molecule has 7 heteroatoms. The third kappa shape index (κ3) is 4.52. The standard InChI is InChI=1S/C22H22N4OS2/c1-15-8-4-6-10-18(15)21-23-17(13-28-21)14-29-22-25-24-20(26(22)3)12-27-19-11-7-5-9-16(19)2/h4-11,13H,12,14H2,1-3H3. The number of hydrogen-bond acceptors (Lipinski definition) is 6. The second-order valence-electron chi connectivity index (χ2n) is 6.76. The van der Waals surface area contributed by atoms with Gasteiger partial charge in [0.25, 0.3) is 0 Å². The number of rotatable bonds is 7. The fourth-order valence-corrected chi connectivity index (χ4v) is 4.74. The van der Waals surface area contributed by atoms with Gasteiger partial charge in [0, 0.05) is 23.7 Å². The molecule has 0 saturated carbocycles. The van der Waals surface area contributed by atoms with Crippen LogP contribution in [0.5, 0.6) is 5.75 Å². The summed E-state index contributed by atoms with van der Waals surface area (Å²) in [6, 6.07) is 16.3. The van der Waals surface area contributed by atoms with Crippen LogP contribution in [-0.2, 0) is 19.4 Å². The minimum atomic E-state index is 0.392. The predicted molar refractivity (Wildman–Crippen MR) is 118 cm³/mol. The Hall–Kier alpha value is -2.64. The Morgan fingerprint density at radius 3 is 2.55 bits per heavy atom. The third-order valence-corrected chi connectivity index (χ3v) is 6.63. The van der Waals surface area contributed by atoms with Crippen molar-refractivity contribution in [1.82, 2.24) is 19.7 Å². The number of aryl methyl sites for hydroxylation is 2. The van der Waals surface area contributed by atoms with E-state index < -0.39 is 0 Å². The van der Waals surface area contributed by atoms with E-state index in [1.54, 1.807) is 23.1 Å². The second-order valence-corrected chi connectivity index (χ2v) is 8.56. The zero-order valence-electron chi connectivity index (χ0n) is 16.6. The Bertz CT molecular complexity index is 1120. The van der Waals surface area contributed by atoms with Crippen LogP contribution >= 0.6 is 23.1 Å². The lowest BCUT2D eigenvalue weighted by Gasteiger charge is -2.08. The molecule has 4 aromatic rings. The topological polar surface area (TPSA) is 52.8 Å². The molecule has 0 bridgehead atoms. The molecule has 29 heavy (non-hydrogen) atoms. The average molecular weight is 423 g/mol. The first-order valence-corrected chi connectivity index (χ1v) is 11.2. The van der Waals surface area contributed by atoms with E-state index in [1.165, 1.54) is 11.1 Å². The van der Waals surface area contributed by atoms with Gasteiger partial charge < -0.3 is 9.30 Å². The highest BCUT2D eigenvalue weighted by Gasteiger charge is 2.12. The van der Waals surface area contributed by atoms with Crippen molar-refractivity contribution in [2.75, 3.05) is 0 Å². The van der Waals surface area contributed by atoms with E-state index in [4.69, 9.17) is 9.72 Å². The van der Waals surface area contributed by atoms with Crippen molar-refractivity contribution in [2.45, 2.75) is 31.4 Å². The van der Waals surface area contributed by atoms with Gasteiger partial charge in [0.2, 0.25) is 0 Å². The number of aromatic nitrogens is 4. The fourth-order valence-electron chi connectivity index (χ4n) is 2.91. The minimum absolute atomic E-state index is 0.392. The van der Waals surface area contributed by atoms with Crippen LogP contribution in [0.25, 0.3) is 10.6 Å². The molecule has 0 spiro atoms. The van der Waals surface area contributed by atoms with E-state index >= 15 is 0 Å². The van der Waals surface area contributed by atoms with Crippen molar-refractivity contribution < 1.29 is 4.74 Å². The van der Waals surface area contributed by atoms with Crippen molar-refractivity contribution in [3.8, 4) is 16.3 Å². The van der Waals surface area contributed by atoms with E-state index in [0.717, 1.165) is 38.7 Å². The van der Waals surface area contributed by atoms with E-state index in [-0.39, 0.29) is 0 Å². The Morgan fingerprint density at radius 2 is 1.76 bits per heavy atom. The molecule has 0 aliphatic rings. The van der Waals surface area contributed by atoms with E-state index in [2.05, 4.69) is 46.8 Å². The summed E-state index contributed by atoms with van der Waals surface area (Å²) >= 11 is 3.32. The number of para-hydroxylation sites is 1. The molecule has 0 aliphatic heterocycles. The summed E-state index contributed by atoms with van der Waals surface area (Å²) in [4.78, 5) is 4.79. The number of thiazole rings is 1. The summed E-state index contributed by atoms with van der Waals surface area (Å²) in [6.45, 7) is 4.54. The van der Waals surface area contributed by atoms with Gasteiger partial charge in [-0.05, 0) is 31.0 Å². The SMILES string of the molecule is Cc1ccccc1OCc1nnc(SCc2csc(-c3ccccc3C)n2)n1C. The molecule has 0 unspecified atom stereocenters. The maximum absolute atomic E-state index is 5.90. The van der Waals surface area contributed by atoms with Crippen LogP contribution in [0.15, 0.2) is 59.1 Å². The van der Waals surface area contributed by atoms with Crippen molar-refractivity contribution in [1.29, 1.82) is 0 Å². The molecule has 5 nitrogen and oxygen atoms in total. The predicted octanol–water partition coefficient (Wildman–Crippen LogP) is 5.43. The summed E-state index contributed by atoms with van der Waals surface area (Å²) in [5.74, 6) is 2.43. The summed E-state index contributed by atoms with van der Waals surface area (Å²) in [5, 5.41) is 12.6. The summed E-state index contributed by atoms with van der Waals surface area (Å²) in [6.07, 6.45) is 0. The molecule has 2 aromatic heterocycles. The van der Waals surface area contributed by atoms with E-state index in [0.29, 0.717) is 6.61 Å². The van der Waals surface area contributed by atoms with Crippen molar-refractivity contribution in [3.05, 3.63) is 76.6 Å². The van der Waals surface area contributed by atoms with Crippen LogP contribution in [-0.4, -0.2) is 19.7 Å². The van der Waals surface area contributed by atoms with E-state index in [9.17, 15) is 0 Å². The van der Waals surface area contributed by atoms with Crippen LogP contribution < -0.4 is 4.74 Å². The monoisotopic (exact) mass is 422 g/mol. The molecule has 0 atom stereocenters. The molecule has 0 radical (unpaired) electrons. The smallest absolute Gasteiger partial charge is 0.191 e. The second kappa shape index (κ2) is 8.80. The molecule has 0 amide bonds. The molecule has 2 heterocycles. The molecule has 148 valence electrons. The van der Waals surface area contributed by atoms with Crippen LogP contribution in [0.4, 0.5) is 0 Å². The van der Waals surface area contributed by atoms with Crippen LogP contribution in [0.3, 0.4) is 0 Å². The Morgan fingerprint density at radius 1 is 1.00 bits per heavy atom. The van der Waals surface area contributed by atoms with Gasteiger partial charge in [0.1, 0.15) is 17.4 Å². The Kier molecular flexibility index (Phi) is 5.97. The molecule has 2 aromatic carbocycles. The summed E-state index contributed by atoms with van der Waals surface area (Å²) in [7, 11) is 1.97. The number of nitrogens with zero attached hydrogens (tertiary/aromatic N) is 4. The Labute approximate surface area is 178 Å². The molecular formula is C22H22N4OS2. The summed E-state index contributed by atoms with van der Waals surface area (Å²) in [5.41, 5.74) is 4.60. The number of thioether (sulfide) groups is 1. The fraction of sp³-hybridized carbons (Fsp3) is 0.227. The molecule has 0 aliphatic carbocycles. The van der Waals surface area contributed by atoms with E-state index in [1.807, 2.05) is 42.8 Å². The average Bonchev–Trinajstić information content (AvgIpc) is 3.33. The van der Waals surface area contributed by atoms with Crippen molar-refractivity contribution in [2.24, 2.45) is 7.05 Å². The zero-order chi connectivity index (χ0) is 20.2. The largest absolute Gasteiger partial charge is 0.485 e. The highest BCUT2D eigenvalue weighted by atomic mass is 32.2. The Balaban J connectivity index is 1.39. The molecular weight excluding hydrogens is 400 g/mol. The van der Waals surface area contributed by atoms with Gasteiger partial charge in [-0.3, -0.25) is 0 Å². The minimum Gasteiger partial charge on any atom is -0.485 e. The maximum Gasteiger partial charge on any atom is 0.191 e.